The van der Waals surface area contributed by atoms with Gasteiger partial charge in [0.2, 0.25) is 0 Å². The van der Waals surface area contributed by atoms with Crippen molar-refractivity contribution >= 4 is 40.6 Å². The van der Waals surface area contributed by atoms with Crippen LogP contribution in [-0.2, 0) is 12.2 Å². The number of nitrogens with zero attached hydrogens (tertiary/aromatic N) is 6. The van der Waals surface area contributed by atoms with E-state index in [-0.39, 0.29) is 5.91 Å². The second-order valence-electron chi connectivity index (χ2n) is 8.06. The zero-order valence-corrected chi connectivity index (χ0v) is 22.2. The molecule has 0 unspecified atom stereocenters. The first-order chi connectivity index (χ1) is 18.1. The van der Waals surface area contributed by atoms with Crippen LogP contribution in [0.3, 0.4) is 0 Å². The smallest absolute Gasteiger partial charge is 0.270 e. The lowest BCUT2D eigenvalue weighted by Crippen LogP contribution is -2.26. The normalized spacial score (nSPS) is 11.0. The minimum atomic E-state index is -0.194. The van der Waals surface area contributed by atoms with Crippen LogP contribution < -0.4 is 5.32 Å². The maximum atomic E-state index is 12.6. The summed E-state index contributed by atoms with van der Waals surface area (Å²) in [7, 11) is 0. The van der Waals surface area contributed by atoms with Crippen LogP contribution in [0.4, 0.5) is 0 Å². The Hall–Kier alpha value is -3.60. The van der Waals surface area contributed by atoms with E-state index in [1.165, 1.54) is 23.1 Å². The van der Waals surface area contributed by atoms with Crippen molar-refractivity contribution in [1.82, 2.24) is 35.0 Å². The second-order valence-corrected chi connectivity index (χ2v) is 10.4. The Morgan fingerprint density at radius 2 is 2.05 bits per heavy atom. The predicted molar refractivity (Wildman–Crippen MR) is 146 cm³/mol. The van der Waals surface area contributed by atoms with Gasteiger partial charge in [-0.05, 0) is 48.9 Å². The number of nitrogens with one attached hydrogen (secondary N) is 1. The monoisotopic (exact) mass is 547 g/mol. The van der Waals surface area contributed by atoms with E-state index >= 15 is 0 Å². The zero-order chi connectivity index (χ0) is 25.6. The molecule has 37 heavy (non-hydrogen) atoms. The lowest BCUT2D eigenvalue weighted by molar-refractivity contribution is 0.0949. The van der Waals surface area contributed by atoms with Crippen LogP contribution in [0.5, 0.6) is 0 Å². The molecule has 0 aliphatic heterocycles. The summed E-state index contributed by atoms with van der Waals surface area (Å²) in [6.07, 6.45) is 5.89. The van der Waals surface area contributed by atoms with E-state index in [1.807, 2.05) is 60.0 Å². The third kappa shape index (κ3) is 6.04. The Morgan fingerprint density at radius 1 is 1.14 bits per heavy atom. The van der Waals surface area contributed by atoms with E-state index in [1.54, 1.807) is 24.0 Å². The lowest BCUT2D eigenvalue weighted by Gasteiger charge is -2.13. The molecule has 0 saturated heterocycles. The fourth-order valence-corrected chi connectivity index (χ4v) is 5.54. The summed E-state index contributed by atoms with van der Waals surface area (Å²) in [4.78, 5) is 25.6. The highest BCUT2D eigenvalue weighted by Gasteiger charge is 2.19. The lowest BCUT2D eigenvalue weighted by atomic mass is 10.2. The van der Waals surface area contributed by atoms with Crippen molar-refractivity contribution in [3.63, 3.8) is 0 Å². The van der Waals surface area contributed by atoms with Gasteiger partial charge in [0, 0.05) is 53.2 Å². The van der Waals surface area contributed by atoms with Gasteiger partial charge in [-0.2, -0.15) is 0 Å². The number of carbonyl (C=O) groups excluding carboxylic acids is 1. The average molecular weight is 548 g/mol. The van der Waals surface area contributed by atoms with Crippen LogP contribution in [0.15, 0.2) is 77.7 Å². The first-order valence-electron chi connectivity index (χ1n) is 11.5. The molecular formula is C26H22ClN7OS2. The largest absolute Gasteiger partial charge is 0.350 e. The number of carbonyl (C=O) groups is 1. The molecule has 0 bridgehead atoms. The average Bonchev–Trinajstić information content (AvgIpc) is 3.57. The molecule has 8 nitrogen and oxygen atoms in total. The Morgan fingerprint density at radius 3 is 2.86 bits per heavy atom. The second kappa shape index (κ2) is 11.6. The summed E-state index contributed by atoms with van der Waals surface area (Å²) < 4.78 is 1.99. The molecule has 0 spiro atoms. The molecule has 4 heterocycles. The van der Waals surface area contributed by atoms with Crippen molar-refractivity contribution in [2.45, 2.75) is 24.3 Å². The standard InChI is InChI=1S/C26H22ClN7OS2/c1-17-7-8-19(27)13-22(17)34-24(18-5-4-10-28-14-18)32-33-26(34)37-16-23-31-21(15-36-23)25(35)30-12-9-20-6-2-3-11-29-20/h2-8,10-11,13-15H,9,12,16H2,1H3,(H,30,35). The van der Waals surface area contributed by atoms with Crippen molar-refractivity contribution in [3.8, 4) is 17.1 Å². The molecule has 0 aliphatic rings. The summed E-state index contributed by atoms with van der Waals surface area (Å²) in [5.74, 6) is 1.02. The van der Waals surface area contributed by atoms with E-state index in [9.17, 15) is 4.79 Å². The molecule has 4 aromatic heterocycles. The number of thiazole rings is 1. The quantitative estimate of drug-likeness (QED) is 0.246. The number of aryl methyl sites for hydroxylation is 1. The fourth-order valence-electron chi connectivity index (χ4n) is 3.63. The van der Waals surface area contributed by atoms with E-state index < -0.39 is 0 Å². The summed E-state index contributed by atoms with van der Waals surface area (Å²) in [5, 5.41) is 15.8. The zero-order valence-electron chi connectivity index (χ0n) is 19.8. The summed E-state index contributed by atoms with van der Waals surface area (Å²) in [6.45, 7) is 2.52. The maximum Gasteiger partial charge on any atom is 0.270 e. The van der Waals surface area contributed by atoms with E-state index in [2.05, 4.69) is 30.5 Å². The topological polar surface area (TPSA) is 98.5 Å². The third-order valence-electron chi connectivity index (χ3n) is 5.47. The summed E-state index contributed by atoms with van der Waals surface area (Å²) >= 11 is 9.28. The van der Waals surface area contributed by atoms with Gasteiger partial charge in [-0.25, -0.2) is 4.98 Å². The van der Waals surface area contributed by atoms with Crippen molar-refractivity contribution < 1.29 is 4.79 Å². The van der Waals surface area contributed by atoms with E-state index in [0.29, 0.717) is 40.4 Å². The van der Waals surface area contributed by atoms with Gasteiger partial charge >= 0.3 is 0 Å². The highest BCUT2D eigenvalue weighted by Crippen LogP contribution is 2.32. The van der Waals surface area contributed by atoms with Gasteiger partial charge < -0.3 is 5.32 Å². The van der Waals surface area contributed by atoms with Gasteiger partial charge in [-0.15, -0.1) is 21.5 Å². The summed E-state index contributed by atoms with van der Waals surface area (Å²) in [6, 6.07) is 15.3. The summed E-state index contributed by atoms with van der Waals surface area (Å²) in [5.41, 5.74) is 4.12. The predicted octanol–water partition coefficient (Wildman–Crippen LogP) is 5.41. The number of amides is 1. The van der Waals surface area contributed by atoms with Crippen LogP contribution in [0.2, 0.25) is 5.02 Å². The molecule has 0 radical (unpaired) electrons. The number of pyridine rings is 2. The number of benzene rings is 1. The highest BCUT2D eigenvalue weighted by atomic mass is 35.5. The SMILES string of the molecule is Cc1ccc(Cl)cc1-n1c(SCc2nc(C(=O)NCCc3ccccn3)cs2)nnc1-c1cccnc1. The highest BCUT2D eigenvalue weighted by molar-refractivity contribution is 7.98. The van der Waals surface area contributed by atoms with E-state index in [4.69, 9.17) is 11.6 Å². The molecule has 0 saturated carbocycles. The molecule has 1 amide bonds. The van der Waals surface area contributed by atoms with Gasteiger partial charge in [0.15, 0.2) is 11.0 Å². The van der Waals surface area contributed by atoms with E-state index in [0.717, 1.165) is 27.5 Å². The van der Waals surface area contributed by atoms with Crippen molar-refractivity contribution in [2.75, 3.05) is 6.54 Å². The fraction of sp³-hybridized carbons (Fsp3) is 0.154. The number of halogens is 1. The Balaban J connectivity index is 1.31. The molecule has 11 heteroatoms. The van der Waals surface area contributed by atoms with Gasteiger partial charge in [-0.3, -0.25) is 19.3 Å². The first-order valence-corrected chi connectivity index (χ1v) is 13.7. The van der Waals surface area contributed by atoms with Gasteiger partial charge in [0.1, 0.15) is 10.7 Å². The number of hydrogen-bond acceptors (Lipinski definition) is 8. The molecule has 1 N–H and O–H groups in total. The van der Waals surface area contributed by atoms with Crippen LogP contribution in [-0.4, -0.2) is 42.2 Å². The number of thioether (sulfide) groups is 1. The molecule has 0 atom stereocenters. The molecule has 5 aromatic rings. The number of aromatic nitrogens is 6. The Labute approximate surface area is 227 Å². The minimum absolute atomic E-state index is 0.194. The molecule has 1 aromatic carbocycles. The molecule has 5 rings (SSSR count). The van der Waals surface area contributed by atoms with Crippen molar-refractivity contribution in [2.24, 2.45) is 0 Å². The van der Waals surface area contributed by atoms with Crippen LogP contribution in [0.1, 0.15) is 26.8 Å². The van der Waals surface area contributed by atoms with Gasteiger partial charge in [0.25, 0.3) is 5.91 Å². The number of hydrogen-bond donors (Lipinski definition) is 1. The number of rotatable bonds is 9. The third-order valence-corrected chi connectivity index (χ3v) is 7.67. The van der Waals surface area contributed by atoms with Crippen LogP contribution in [0, 0.1) is 6.92 Å². The Kier molecular flexibility index (Phi) is 7.88. The van der Waals surface area contributed by atoms with Gasteiger partial charge in [0.05, 0.1) is 11.4 Å². The van der Waals surface area contributed by atoms with Crippen molar-refractivity contribution in [1.29, 1.82) is 0 Å². The first kappa shape index (κ1) is 25.1. The van der Waals surface area contributed by atoms with Crippen molar-refractivity contribution in [3.05, 3.63) is 99.5 Å². The Bertz CT molecular complexity index is 1510. The van der Waals surface area contributed by atoms with Crippen LogP contribution >= 0.6 is 34.7 Å². The maximum absolute atomic E-state index is 12.6. The minimum Gasteiger partial charge on any atom is -0.350 e. The van der Waals surface area contributed by atoms with Crippen LogP contribution in [0.25, 0.3) is 17.1 Å². The molecule has 0 aliphatic carbocycles. The molecule has 0 fully saturated rings. The van der Waals surface area contributed by atoms with Gasteiger partial charge in [-0.1, -0.05) is 35.5 Å². The molecular weight excluding hydrogens is 526 g/mol. The molecule has 186 valence electrons.